The van der Waals surface area contributed by atoms with Gasteiger partial charge in [-0.15, -0.1) is 0 Å². The largest absolute Gasteiger partial charge is 0.447 e. The van der Waals surface area contributed by atoms with E-state index in [2.05, 4.69) is 39.1 Å². The van der Waals surface area contributed by atoms with E-state index in [1.165, 1.54) is 6.92 Å². The van der Waals surface area contributed by atoms with Crippen molar-refractivity contribution in [3.63, 3.8) is 0 Å². The van der Waals surface area contributed by atoms with Crippen molar-refractivity contribution < 1.29 is 14.3 Å². The molecule has 2 heterocycles. The number of nitrogens with zero attached hydrogens (tertiary/aromatic N) is 4. The Kier molecular flexibility index (Phi) is 4.50. The minimum atomic E-state index is -1.94. The van der Waals surface area contributed by atoms with E-state index in [4.69, 9.17) is 9.47 Å². The van der Waals surface area contributed by atoms with E-state index >= 15 is 0 Å². The van der Waals surface area contributed by atoms with Gasteiger partial charge in [-0.05, 0) is 24.5 Å². The lowest BCUT2D eigenvalue weighted by atomic mass is 9.51. The summed E-state index contributed by atoms with van der Waals surface area (Å²) in [6, 6.07) is 13.5. The van der Waals surface area contributed by atoms with E-state index in [9.17, 15) is 20.6 Å². The number of nitriles is 3. The van der Waals surface area contributed by atoms with E-state index < -0.39 is 34.5 Å². The van der Waals surface area contributed by atoms with Crippen LogP contribution in [-0.4, -0.2) is 17.6 Å². The molecule has 0 N–H and O–H groups in total. The van der Waals surface area contributed by atoms with Crippen molar-refractivity contribution >= 4 is 27.7 Å². The number of carbonyl (C=O) groups excluding carboxylic acids is 1. The fourth-order valence-electron chi connectivity index (χ4n) is 5.05. The Morgan fingerprint density at radius 2 is 1.93 bits per heavy atom. The van der Waals surface area contributed by atoms with Crippen LogP contribution < -0.4 is 0 Å². The van der Waals surface area contributed by atoms with Crippen molar-refractivity contribution in [1.29, 1.82) is 15.8 Å². The molecule has 1 saturated carbocycles. The monoisotopic (exact) mass is 452 g/mol. The Labute approximate surface area is 176 Å². The molecule has 7 nitrogen and oxygen atoms in total. The zero-order valence-corrected chi connectivity index (χ0v) is 17.3. The molecule has 4 rings (SSSR count). The average molecular weight is 453 g/mol. The molecule has 4 atom stereocenters. The summed E-state index contributed by atoms with van der Waals surface area (Å²) in [5.41, 5.74) is -3.07. The third-order valence-corrected chi connectivity index (χ3v) is 6.96. The van der Waals surface area contributed by atoms with Crippen molar-refractivity contribution in [2.75, 3.05) is 0 Å². The molecule has 0 spiro atoms. The van der Waals surface area contributed by atoms with Crippen LogP contribution in [0.3, 0.4) is 0 Å². The maximum Gasteiger partial charge on any atom is 0.245 e. The fraction of sp³-hybridized carbons (Fsp3) is 0.476. The average Bonchev–Trinajstić information content (AvgIpc) is 2.94. The number of benzene rings is 1. The maximum atomic E-state index is 11.9. The minimum absolute atomic E-state index is 0.169. The van der Waals surface area contributed by atoms with Gasteiger partial charge in [-0.3, -0.25) is 4.79 Å². The number of amides is 1. The van der Waals surface area contributed by atoms with Gasteiger partial charge in [-0.2, -0.15) is 20.8 Å². The van der Waals surface area contributed by atoms with Gasteiger partial charge in [0.25, 0.3) is 0 Å². The van der Waals surface area contributed by atoms with Crippen LogP contribution in [0.1, 0.15) is 44.3 Å². The maximum absolute atomic E-state index is 11.9. The van der Waals surface area contributed by atoms with Crippen molar-refractivity contribution in [2.45, 2.75) is 44.5 Å². The second-order valence-electron chi connectivity index (χ2n) is 7.62. The Bertz CT molecular complexity index is 1040. The summed E-state index contributed by atoms with van der Waals surface area (Å²) in [5, 5.41) is 31.0. The lowest BCUT2D eigenvalue weighted by Crippen LogP contribution is -2.60. The normalized spacial score (nSPS) is 35.5. The number of hydrogen-bond acceptors (Lipinski definition) is 6. The molecular formula is C21H17BrN4O3. The first-order chi connectivity index (χ1) is 13.9. The molecule has 3 aliphatic rings. The Morgan fingerprint density at radius 1 is 1.21 bits per heavy atom. The van der Waals surface area contributed by atoms with E-state index in [-0.39, 0.29) is 5.90 Å². The highest BCUT2D eigenvalue weighted by molar-refractivity contribution is 9.10. The van der Waals surface area contributed by atoms with Gasteiger partial charge in [0.2, 0.25) is 23.0 Å². The highest BCUT2D eigenvalue weighted by Gasteiger charge is 2.80. The number of carbonyl (C=O) groups is 1. The molecule has 8 heteroatoms. The zero-order chi connectivity index (χ0) is 20.9. The molecule has 4 unspecified atom stereocenters. The fourth-order valence-corrected chi connectivity index (χ4v) is 5.54. The van der Waals surface area contributed by atoms with Gasteiger partial charge in [0, 0.05) is 17.8 Å². The molecule has 29 heavy (non-hydrogen) atoms. The minimum Gasteiger partial charge on any atom is -0.447 e. The Hall–Kier alpha value is -2.73. The summed E-state index contributed by atoms with van der Waals surface area (Å²) in [6.45, 7) is 1.25. The number of rotatable bonds is 1. The van der Waals surface area contributed by atoms with E-state index in [1.807, 2.05) is 6.07 Å². The van der Waals surface area contributed by atoms with Crippen LogP contribution in [0.5, 0.6) is 0 Å². The van der Waals surface area contributed by atoms with Gasteiger partial charge < -0.3 is 9.47 Å². The molecule has 1 aromatic carbocycles. The molecule has 2 aliphatic heterocycles. The molecule has 146 valence electrons. The predicted octanol–water partition coefficient (Wildman–Crippen LogP) is 3.93. The molecule has 1 aromatic rings. The Balaban J connectivity index is 2.07. The van der Waals surface area contributed by atoms with Gasteiger partial charge >= 0.3 is 0 Å². The second kappa shape index (κ2) is 6.66. The van der Waals surface area contributed by atoms with Crippen LogP contribution in [0.25, 0.3) is 0 Å². The molecule has 2 bridgehead atoms. The van der Waals surface area contributed by atoms with E-state index in [0.29, 0.717) is 22.9 Å². The van der Waals surface area contributed by atoms with Crippen LogP contribution in [-0.2, 0) is 14.3 Å². The quantitative estimate of drug-likeness (QED) is 0.636. The summed E-state index contributed by atoms with van der Waals surface area (Å²) in [5.74, 6) is -2.49. The summed E-state index contributed by atoms with van der Waals surface area (Å²) in [4.78, 5) is 15.8. The summed E-state index contributed by atoms with van der Waals surface area (Å²) >= 11 is 3.48. The van der Waals surface area contributed by atoms with Gasteiger partial charge in [0.15, 0.2) is 5.41 Å². The SMILES string of the molecule is CC(=O)N=C1OC23CCCCC2C1(C#N)C(C#N)(C#N)C(c1ccccc1Br)O3. The highest BCUT2D eigenvalue weighted by Crippen LogP contribution is 2.70. The lowest BCUT2D eigenvalue weighted by molar-refractivity contribution is -0.294. The summed E-state index contributed by atoms with van der Waals surface area (Å²) in [6.07, 6.45) is 1.59. The second-order valence-corrected chi connectivity index (χ2v) is 8.47. The number of aliphatic imine (C=N–C) groups is 1. The smallest absolute Gasteiger partial charge is 0.245 e. The van der Waals surface area contributed by atoms with Crippen molar-refractivity contribution in [3.05, 3.63) is 34.3 Å². The van der Waals surface area contributed by atoms with Crippen LogP contribution in [0.15, 0.2) is 33.7 Å². The molecule has 3 fully saturated rings. The molecular weight excluding hydrogens is 436 g/mol. The van der Waals surface area contributed by atoms with Crippen molar-refractivity contribution in [1.82, 2.24) is 0 Å². The first-order valence-electron chi connectivity index (χ1n) is 9.35. The number of hydrogen-bond donors (Lipinski definition) is 0. The van der Waals surface area contributed by atoms with Crippen LogP contribution in [0.2, 0.25) is 0 Å². The summed E-state index contributed by atoms with van der Waals surface area (Å²) < 4.78 is 13.2. The molecule has 2 saturated heterocycles. The Morgan fingerprint density at radius 3 is 2.55 bits per heavy atom. The standard InChI is InChI=1S/C21H17BrN4O3/c1-13(27)26-18-20(12-25)16-8-4-5-9-21(16,29-18)28-17(19(20,10-23)11-24)14-6-2-3-7-15(14)22/h2-3,6-7,16-17H,4-5,8-9H2,1H3. The topological polar surface area (TPSA) is 119 Å². The number of ether oxygens (including phenoxy) is 2. The number of halogens is 1. The van der Waals surface area contributed by atoms with E-state index in [1.54, 1.807) is 18.2 Å². The van der Waals surface area contributed by atoms with Crippen LogP contribution in [0.4, 0.5) is 0 Å². The molecule has 1 aliphatic carbocycles. The van der Waals surface area contributed by atoms with Crippen LogP contribution >= 0.6 is 15.9 Å². The first-order valence-corrected chi connectivity index (χ1v) is 10.1. The lowest BCUT2D eigenvalue weighted by Gasteiger charge is -2.51. The van der Waals surface area contributed by atoms with Gasteiger partial charge in [0.1, 0.15) is 6.10 Å². The molecule has 0 aromatic heterocycles. The first kappa shape index (κ1) is 19.6. The zero-order valence-electron chi connectivity index (χ0n) is 15.7. The molecule has 1 amide bonds. The van der Waals surface area contributed by atoms with Crippen LogP contribution in [0, 0.1) is 50.7 Å². The third kappa shape index (κ3) is 2.35. The van der Waals surface area contributed by atoms with Crippen molar-refractivity contribution in [2.24, 2.45) is 21.7 Å². The molecule has 0 radical (unpaired) electrons. The van der Waals surface area contributed by atoms with Gasteiger partial charge in [-0.25, -0.2) is 0 Å². The van der Waals surface area contributed by atoms with Gasteiger partial charge in [-0.1, -0.05) is 40.5 Å². The van der Waals surface area contributed by atoms with Crippen molar-refractivity contribution in [3.8, 4) is 18.2 Å². The highest BCUT2D eigenvalue weighted by atomic mass is 79.9. The van der Waals surface area contributed by atoms with E-state index in [0.717, 1.165) is 12.8 Å². The predicted molar refractivity (Wildman–Crippen MR) is 104 cm³/mol. The summed E-state index contributed by atoms with van der Waals surface area (Å²) in [7, 11) is 0. The third-order valence-electron chi connectivity index (χ3n) is 6.24. The van der Waals surface area contributed by atoms with Gasteiger partial charge in [0.05, 0.1) is 24.1 Å².